The maximum atomic E-state index is 12.6. The minimum absolute atomic E-state index is 0.144. The predicted molar refractivity (Wildman–Crippen MR) is 69.6 cm³/mol. The van der Waals surface area contributed by atoms with E-state index in [4.69, 9.17) is 0 Å². The summed E-state index contributed by atoms with van der Waals surface area (Å²) in [5, 5.41) is 10.1. The van der Waals surface area contributed by atoms with E-state index in [0.717, 1.165) is 13.1 Å². The lowest BCUT2D eigenvalue weighted by Gasteiger charge is -2.31. The van der Waals surface area contributed by atoms with Crippen molar-refractivity contribution in [2.24, 2.45) is 0 Å². The average molecular weight is 278 g/mol. The smallest absolute Gasteiger partial charge is 0.323 e. The number of carbonyl (C=O) groups excluding carboxylic acids is 2. The molecule has 1 aromatic heterocycles. The van der Waals surface area contributed by atoms with Crippen LogP contribution in [0.1, 0.15) is 25.6 Å². The molecular formula is C12H18N6O2. The highest BCUT2D eigenvalue weighted by molar-refractivity contribution is 6.07. The number of urea groups is 1. The fraction of sp³-hybridized carbons (Fsp3) is 0.667. The van der Waals surface area contributed by atoms with Gasteiger partial charge in [0.25, 0.3) is 5.91 Å². The summed E-state index contributed by atoms with van der Waals surface area (Å²) in [5.41, 5.74) is -0.723. The number of aromatic nitrogens is 3. The summed E-state index contributed by atoms with van der Waals surface area (Å²) in [6.07, 6.45) is 2.71. The number of aryl methyl sites for hydroxylation is 1. The van der Waals surface area contributed by atoms with Gasteiger partial charge in [0.05, 0.1) is 6.54 Å². The van der Waals surface area contributed by atoms with E-state index in [-0.39, 0.29) is 18.5 Å². The molecule has 0 atom stereocenters. The molecule has 0 bridgehead atoms. The first-order valence-corrected chi connectivity index (χ1v) is 6.88. The third kappa shape index (κ3) is 1.96. The Morgan fingerprint density at radius 3 is 2.80 bits per heavy atom. The lowest BCUT2D eigenvalue weighted by atomic mass is 9.88. The standard InChI is InChI=1S/C12H18N6O2/c1-2-18-9(14-8-15-18)7-17-10(19)12(16-11(17)20)3-5-13-6-4-12/h8,13H,2-7H2,1H3,(H,16,20). The van der Waals surface area contributed by atoms with Gasteiger partial charge in [0, 0.05) is 6.54 Å². The summed E-state index contributed by atoms with van der Waals surface area (Å²) in [7, 11) is 0. The Labute approximate surface area is 116 Å². The summed E-state index contributed by atoms with van der Waals surface area (Å²) in [6.45, 7) is 4.26. The normalized spacial score (nSPS) is 21.6. The molecule has 108 valence electrons. The van der Waals surface area contributed by atoms with E-state index in [1.165, 1.54) is 11.2 Å². The minimum atomic E-state index is -0.723. The fourth-order valence-corrected chi connectivity index (χ4v) is 2.83. The van der Waals surface area contributed by atoms with Crippen molar-refractivity contribution in [1.29, 1.82) is 0 Å². The van der Waals surface area contributed by atoms with Crippen LogP contribution in [-0.2, 0) is 17.9 Å². The molecule has 8 heteroatoms. The molecule has 0 radical (unpaired) electrons. The molecular weight excluding hydrogens is 260 g/mol. The summed E-state index contributed by atoms with van der Waals surface area (Å²) < 4.78 is 1.69. The summed E-state index contributed by atoms with van der Waals surface area (Å²) in [4.78, 5) is 30.0. The molecule has 0 aromatic carbocycles. The molecule has 2 fully saturated rings. The SMILES string of the molecule is CCn1ncnc1CN1C(=O)NC2(CCNCC2)C1=O. The van der Waals surface area contributed by atoms with Crippen molar-refractivity contribution in [2.45, 2.75) is 38.4 Å². The van der Waals surface area contributed by atoms with Gasteiger partial charge in [-0.25, -0.2) is 14.5 Å². The number of amides is 3. The van der Waals surface area contributed by atoms with Crippen molar-refractivity contribution in [2.75, 3.05) is 13.1 Å². The van der Waals surface area contributed by atoms with Gasteiger partial charge in [-0.3, -0.25) is 9.69 Å². The van der Waals surface area contributed by atoms with Crippen molar-refractivity contribution >= 4 is 11.9 Å². The van der Waals surface area contributed by atoms with Crippen LogP contribution in [0.3, 0.4) is 0 Å². The van der Waals surface area contributed by atoms with E-state index in [2.05, 4.69) is 20.7 Å². The third-order valence-corrected chi connectivity index (χ3v) is 4.00. The van der Waals surface area contributed by atoms with Crippen LogP contribution in [0.5, 0.6) is 0 Å². The number of carbonyl (C=O) groups is 2. The second-order valence-electron chi connectivity index (χ2n) is 5.15. The number of nitrogens with one attached hydrogen (secondary N) is 2. The quantitative estimate of drug-likeness (QED) is 0.725. The summed E-state index contributed by atoms with van der Waals surface area (Å²) >= 11 is 0. The first kappa shape index (κ1) is 13.0. The van der Waals surface area contributed by atoms with Gasteiger partial charge in [-0.2, -0.15) is 5.10 Å². The van der Waals surface area contributed by atoms with Gasteiger partial charge in [-0.15, -0.1) is 0 Å². The fourth-order valence-electron chi connectivity index (χ4n) is 2.83. The van der Waals surface area contributed by atoms with E-state index in [9.17, 15) is 9.59 Å². The molecule has 3 amide bonds. The van der Waals surface area contributed by atoms with Crippen LogP contribution in [0, 0.1) is 0 Å². The highest BCUT2D eigenvalue weighted by Crippen LogP contribution is 2.27. The zero-order valence-electron chi connectivity index (χ0n) is 11.4. The Morgan fingerprint density at radius 1 is 1.35 bits per heavy atom. The number of piperidine rings is 1. The second-order valence-corrected chi connectivity index (χ2v) is 5.15. The van der Waals surface area contributed by atoms with E-state index in [0.29, 0.717) is 25.2 Å². The first-order valence-electron chi connectivity index (χ1n) is 6.88. The molecule has 0 aliphatic carbocycles. The van der Waals surface area contributed by atoms with Crippen LogP contribution < -0.4 is 10.6 Å². The van der Waals surface area contributed by atoms with Crippen molar-refractivity contribution in [3.05, 3.63) is 12.2 Å². The van der Waals surface area contributed by atoms with Gasteiger partial charge in [-0.05, 0) is 32.9 Å². The van der Waals surface area contributed by atoms with Crippen LogP contribution in [0.4, 0.5) is 4.79 Å². The molecule has 3 rings (SSSR count). The van der Waals surface area contributed by atoms with Gasteiger partial charge in [0.1, 0.15) is 17.7 Å². The number of hydrogen-bond donors (Lipinski definition) is 2. The number of rotatable bonds is 3. The maximum Gasteiger partial charge on any atom is 0.325 e. The first-order chi connectivity index (χ1) is 9.66. The van der Waals surface area contributed by atoms with E-state index < -0.39 is 5.54 Å². The Balaban J connectivity index is 1.80. The predicted octanol–water partition coefficient (Wildman–Crippen LogP) is -0.528. The van der Waals surface area contributed by atoms with Crippen LogP contribution in [0.15, 0.2) is 6.33 Å². The van der Waals surface area contributed by atoms with Crippen LogP contribution in [0.25, 0.3) is 0 Å². The van der Waals surface area contributed by atoms with Crippen molar-refractivity contribution in [3.63, 3.8) is 0 Å². The third-order valence-electron chi connectivity index (χ3n) is 4.00. The van der Waals surface area contributed by atoms with Gasteiger partial charge in [0.2, 0.25) is 0 Å². The molecule has 3 heterocycles. The minimum Gasteiger partial charge on any atom is -0.323 e. The van der Waals surface area contributed by atoms with Gasteiger partial charge < -0.3 is 10.6 Å². The largest absolute Gasteiger partial charge is 0.325 e. The highest BCUT2D eigenvalue weighted by atomic mass is 16.2. The van der Waals surface area contributed by atoms with Crippen molar-refractivity contribution in [3.8, 4) is 0 Å². The Kier molecular flexibility index (Phi) is 3.17. The number of imide groups is 1. The van der Waals surface area contributed by atoms with E-state index >= 15 is 0 Å². The van der Waals surface area contributed by atoms with Crippen LogP contribution >= 0.6 is 0 Å². The van der Waals surface area contributed by atoms with Crippen molar-refractivity contribution in [1.82, 2.24) is 30.3 Å². The molecule has 0 unspecified atom stereocenters. The Morgan fingerprint density at radius 2 is 2.10 bits per heavy atom. The highest BCUT2D eigenvalue weighted by Gasteiger charge is 2.51. The Hall–Kier alpha value is -1.96. The lowest BCUT2D eigenvalue weighted by Crippen LogP contribution is -2.53. The zero-order valence-corrected chi connectivity index (χ0v) is 11.4. The Bertz CT molecular complexity index is 534. The lowest BCUT2D eigenvalue weighted by molar-refractivity contribution is -0.132. The molecule has 8 nitrogen and oxygen atoms in total. The topological polar surface area (TPSA) is 92.2 Å². The van der Waals surface area contributed by atoms with E-state index in [1.807, 2.05) is 6.92 Å². The molecule has 2 N–H and O–H groups in total. The number of hydrogen-bond acceptors (Lipinski definition) is 5. The van der Waals surface area contributed by atoms with Crippen LogP contribution in [-0.4, -0.2) is 50.2 Å². The molecule has 2 aliphatic rings. The molecule has 2 aliphatic heterocycles. The molecule has 1 spiro atoms. The maximum absolute atomic E-state index is 12.6. The van der Waals surface area contributed by atoms with Crippen LogP contribution in [0.2, 0.25) is 0 Å². The zero-order chi connectivity index (χ0) is 14.2. The number of nitrogens with zero attached hydrogens (tertiary/aromatic N) is 4. The summed E-state index contributed by atoms with van der Waals surface area (Å²) in [6, 6.07) is -0.331. The van der Waals surface area contributed by atoms with Gasteiger partial charge in [-0.1, -0.05) is 0 Å². The molecule has 20 heavy (non-hydrogen) atoms. The average Bonchev–Trinajstić information content (AvgIpc) is 2.99. The van der Waals surface area contributed by atoms with Gasteiger partial charge in [0.15, 0.2) is 0 Å². The molecule has 2 saturated heterocycles. The molecule has 1 aromatic rings. The second kappa shape index (κ2) is 4.86. The summed E-state index contributed by atoms with van der Waals surface area (Å²) in [5.74, 6) is 0.483. The molecule has 0 saturated carbocycles. The van der Waals surface area contributed by atoms with Gasteiger partial charge >= 0.3 is 6.03 Å². The van der Waals surface area contributed by atoms with Crippen molar-refractivity contribution < 1.29 is 9.59 Å². The monoisotopic (exact) mass is 278 g/mol. The van der Waals surface area contributed by atoms with E-state index in [1.54, 1.807) is 4.68 Å².